The number of benzene rings is 2. The molecule has 0 N–H and O–H groups in total. The number of anilines is 1. The number of hydrogen-bond donors (Lipinski definition) is 0. The molecule has 2 aromatic carbocycles. The van der Waals surface area contributed by atoms with Crippen LogP contribution < -0.4 is 4.90 Å². The number of hydrogen-bond acceptors (Lipinski definition) is 4. The van der Waals surface area contributed by atoms with Gasteiger partial charge in [0.15, 0.2) is 5.16 Å². The normalized spacial score (nSPS) is 14.3. The molecular formula is C22H23ClN4OS. The molecule has 1 saturated heterocycles. The standard InChI is InChI=1S/C22H23ClN4OS/c1-17-5-2-3-8-20(17)27-10-9-24-22(27)29-16-21(28)26-13-11-25(12-14-26)19-7-4-6-18(23)15-19/h2-10,15H,11-14,16H2,1H3. The predicted molar refractivity (Wildman–Crippen MR) is 119 cm³/mol. The Morgan fingerprint density at radius 2 is 1.90 bits per heavy atom. The predicted octanol–water partition coefficient (Wildman–Crippen LogP) is 4.28. The molecule has 150 valence electrons. The quantitative estimate of drug-likeness (QED) is 0.571. The van der Waals surface area contributed by atoms with E-state index in [2.05, 4.69) is 35.0 Å². The van der Waals surface area contributed by atoms with Crippen LogP contribution >= 0.6 is 23.4 Å². The van der Waals surface area contributed by atoms with Crippen molar-refractivity contribution in [3.63, 3.8) is 0 Å². The van der Waals surface area contributed by atoms with E-state index in [1.54, 1.807) is 6.20 Å². The maximum atomic E-state index is 12.7. The maximum Gasteiger partial charge on any atom is 0.233 e. The smallest absolute Gasteiger partial charge is 0.233 e. The summed E-state index contributed by atoms with van der Waals surface area (Å²) in [5.74, 6) is 0.542. The van der Waals surface area contributed by atoms with Crippen molar-refractivity contribution in [2.24, 2.45) is 0 Å². The van der Waals surface area contributed by atoms with Gasteiger partial charge in [-0.3, -0.25) is 9.36 Å². The van der Waals surface area contributed by atoms with E-state index in [0.717, 1.165) is 47.7 Å². The number of nitrogens with zero attached hydrogens (tertiary/aromatic N) is 4. The largest absolute Gasteiger partial charge is 0.368 e. The number of rotatable bonds is 5. The summed E-state index contributed by atoms with van der Waals surface area (Å²) >= 11 is 7.59. The lowest BCUT2D eigenvalue weighted by molar-refractivity contribution is -0.128. The molecule has 0 saturated carbocycles. The van der Waals surface area contributed by atoms with Crippen molar-refractivity contribution < 1.29 is 4.79 Å². The van der Waals surface area contributed by atoms with Crippen LogP contribution in [-0.2, 0) is 4.79 Å². The van der Waals surface area contributed by atoms with Crippen LogP contribution in [0.15, 0.2) is 66.1 Å². The highest BCUT2D eigenvalue weighted by atomic mass is 35.5. The summed E-state index contributed by atoms with van der Waals surface area (Å²) < 4.78 is 2.05. The number of aromatic nitrogens is 2. The van der Waals surface area contributed by atoms with Crippen LogP contribution in [0.3, 0.4) is 0 Å². The number of carbonyl (C=O) groups excluding carboxylic acids is 1. The highest BCUT2D eigenvalue weighted by Gasteiger charge is 2.22. The first-order valence-corrected chi connectivity index (χ1v) is 11.0. The Labute approximate surface area is 180 Å². The van der Waals surface area contributed by atoms with Crippen molar-refractivity contribution in [1.29, 1.82) is 0 Å². The van der Waals surface area contributed by atoms with Gasteiger partial charge in [0.05, 0.1) is 11.4 Å². The molecule has 1 aliphatic rings. The molecule has 0 aliphatic carbocycles. The van der Waals surface area contributed by atoms with E-state index >= 15 is 0 Å². The molecule has 3 aromatic rings. The van der Waals surface area contributed by atoms with Gasteiger partial charge in [-0.2, -0.15) is 0 Å². The summed E-state index contributed by atoms with van der Waals surface area (Å²) in [7, 11) is 0. The molecule has 0 atom stereocenters. The van der Waals surface area contributed by atoms with Crippen molar-refractivity contribution >= 4 is 35.0 Å². The van der Waals surface area contributed by atoms with Gasteiger partial charge < -0.3 is 9.80 Å². The Bertz CT molecular complexity index is 998. The molecule has 29 heavy (non-hydrogen) atoms. The second kappa shape index (κ2) is 8.93. The SMILES string of the molecule is Cc1ccccc1-n1ccnc1SCC(=O)N1CCN(c2cccc(Cl)c2)CC1. The second-order valence-electron chi connectivity index (χ2n) is 7.00. The molecule has 0 bridgehead atoms. The Morgan fingerprint density at radius 1 is 1.10 bits per heavy atom. The first-order chi connectivity index (χ1) is 14.1. The van der Waals surface area contributed by atoms with Gasteiger partial charge in [0, 0.05) is 49.3 Å². The summed E-state index contributed by atoms with van der Waals surface area (Å²) in [6, 6.07) is 16.1. The third-order valence-corrected chi connectivity index (χ3v) is 6.30. The molecular weight excluding hydrogens is 404 g/mol. The summed E-state index contributed by atoms with van der Waals surface area (Å²) in [6.45, 7) is 5.15. The average Bonchev–Trinajstić information content (AvgIpc) is 3.21. The zero-order chi connectivity index (χ0) is 20.2. The topological polar surface area (TPSA) is 41.4 Å². The summed E-state index contributed by atoms with van der Waals surface area (Å²) in [4.78, 5) is 21.4. The van der Waals surface area contributed by atoms with Gasteiger partial charge in [-0.25, -0.2) is 4.98 Å². The number of piperazine rings is 1. The van der Waals surface area contributed by atoms with Crippen molar-refractivity contribution in [2.45, 2.75) is 12.1 Å². The van der Waals surface area contributed by atoms with Crippen molar-refractivity contribution in [3.8, 4) is 5.69 Å². The lowest BCUT2D eigenvalue weighted by Crippen LogP contribution is -2.49. The van der Waals surface area contributed by atoms with Crippen LogP contribution in [0.4, 0.5) is 5.69 Å². The molecule has 2 heterocycles. The molecule has 1 amide bonds. The minimum atomic E-state index is 0.153. The number of halogens is 1. The highest BCUT2D eigenvalue weighted by Crippen LogP contribution is 2.24. The number of para-hydroxylation sites is 1. The van der Waals surface area contributed by atoms with E-state index in [4.69, 9.17) is 11.6 Å². The molecule has 4 rings (SSSR count). The van der Waals surface area contributed by atoms with Crippen LogP contribution in [0.25, 0.3) is 5.69 Å². The lowest BCUT2D eigenvalue weighted by atomic mass is 10.2. The number of imidazole rings is 1. The third kappa shape index (κ3) is 4.60. The van der Waals surface area contributed by atoms with Crippen LogP contribution in [-0.4, -0.2) is 52.3 Å². The Kier molecular flexibility index (Phi) is 6.11. The van der Waals surface area contributed by atoms with Gasteiger partial charge >= 0.3 is 0 Å². The molecule has 5 nitrogen and oxygen atoms in total. The van der Waals surface area contributed by atoms with Crippen LogP contribution in [0, 0.1) is 6.92 Å². The van der Waals surface area contributed by atoms with Gasteiger partial charge in [-0.15, -0.1) is 0 Å². The number of amides is 1. The average molecular weight is 427 g/mol. The molecule has 0 spiro atoms. The summed E-state index contributed by atoms with van der Waals surface area (Å²) in [5.41, 5.74) is 3.38. The fourth-order valence-corrected chi connectivity index (χ4v) is 4.57. The summed E-state index contributed by atoms with van der Waals surface area (Å²) in [6.07, 6.45) is 3.72. The highest BCUT2D eigenvalue weighted by molar-refractivity contribution is 7.99. The third-order valence-electron chi connectivity index (χ3n) is 5.11. The van der Waals surface area contributed by atoms with Gasteiger partial charge in [0.25, 0.3) is 0 Å². The molecule has 0 unspecified atom stereocenters. The fraction of sp³-hybridized carbons (Fsp3) is 0.273. The van der Waals surface area contributed by atoms with E-state index in [-0.39, 0.29) is 5.91 Å². The monoisotopic (exact) mass is 426 g/mol. The number of carbonyl (C=O) groups is 1. The second-order valence-corrected chi connectivity index (χ2v) is 8.38. The van der Waals surface area contributed by atoms with E-state index in [1.807, 2.05) is 46.0 Å². The van der Waals surface area contributed by atoms with Crippen LogP contribution in [0.5, 0.6) is 0 Å². The first-order valence-electron chi connectivity index (χ1n) is 9.62. The Morgan fingerprint density at radius 3 is 2.66 bits per heavy atom. The maximum absolute atomic E-state index is 12.7. The molecule has 1 aliphatic heterocycles. The van der Waals surface area contributed by atoms with Gasteiger partial charge in [0.2, 0.25) is 5.91 Å². The van der Waals surface area contributed by atoms with Crippen molar-refractivity contribution in [2.75, 3.05) is 36.8 Å². The Balaban J connectivity index is 1.34. The zero-order valence-corrected chi connectivity index (χ0v) is 17.9. The van der Waals surface area contributed by atoms with Crippen LogP contribution in [0.2, 0.25) is 5.02 Å². The van der Waals surface area contributed by atoms with E-state index in [9.17, 15) is 4.79 Å². The lowest BCUT2D eigenvalue weighted by Gasteiger charge is -2.36. The number of aryl methyl sites for hydroxylation is 1. The fourth-order valence-electron chi connectivity index (χ4n) is 3.52. The molecule has 0 radical (unpaired) electrons. The van der Waals surface area contributed by atoms with E-state index in [1.165, 1.54) is 17.3 Å². The van der Waals surface area contributed by atoms with Gasteiger partial charge in [0.1, 0.15) is 0 Å². The molecule has 1 fully saturated rings. The van der Waals surface area contributed by atoms with E-state index < -0.39 is 0 Å². The minimum Gasteiger partial charge on any atom is -0.368 e. The minimum absolute atomic E-state index is 0.153. The van der Waals surface area contributed by atoms with Crippen LogP contribution in [0.1, 0.15) is 5.56 Å². The van der Waals surface area contributed by atoms with Gasteiger partial charge in [-0.1, -0.05) is 47.6 Å². The molecule has 7 heteroatoms. The van der Waals surface area contributed by atoms with Crippen molar-refractivity contribution in [3.05, 3.63) is 71.5 Å². The number of thioether (sulfide) groups is 1. The first kappa shape index (κ1) is 19.9. The summed E-state index contributed by atoms with van der Waals surface area (Å²) in [5, 5.41) is 1.58. The Hall–Kier alpha value is -2.44. The van der Waals surface area contributed by atoms with Gasteiger partial charge in [-0.05, 0) is 36.8 Å². The molecule has 1 aromatic heterocycles. The zero-order valence-electron chi connectivity index (χ0n) is 16.3. The van der Waals surface area contributed by atoms with Crippen molar-refractivity contribution in [1.82, 2.24) is 14.5 Å². The van der Waals surface area contributed by atoms with E-state index in [0.29, 0.717) is 5.75 Å².